The Kier molecular flexibility index (Phi) is 7.12. The van der Waals surface area contributed by atoms with Crippen LogP contribution in [0.1, 0.15) is 44.5 Å². The highest BCUT2D eigenvalue weighted by molar-refractivity contribution is 5.69. The van der Waals surface area contributed by atoms with Crippen molar-refractivity contribution < 1.29 is 14.3 Å². The van der Waals surface area contributed by atoms with Gasteiger partial charge in [-0.15, -0.1) is 0 Å². The molecule has 172 valence electrons. The minimum atomic E-state index is -0.727. The van der Waals surface area contributed by atoms with Gasteiger partial charge >= 0.3 is 6.16 Å². The van der Waals surface area contributed by atoms with Crippen molar-refractivity contribution >= 4 is 6.16 Å². The lowest BCUT2D eigenvalue weighted by atomic mass is 9.96. The molecule has 0 aliphatic rings. The predicted octanol–water partition coefficient (Wildman–Crippen LogP) is 7.68. The van der Waals surface area contributed by atoms with Crippen molar-refractivity contribution in [2.75, 3.05) is 0 Å². The fourth-order valence-electron chi connectivity index (χ4n) is 4.13. The number of aryl methyl sites for hydroxylation is 2. The van der Waals surface area contributed by atoms with Gasteiger partial charge in [0.15, 0.2) is 0 Å². The molecule has 4 rings (SSSR count). The van der Waals surface area contributed by atoms with E-state index in [1.807, 2.05) is 60.7 Å². The second-order valence-corrected chi connectivity index (χ2v) is 8.75. The van der Waals surface area contributed by atoms with Gasteiger partial charge in [0, 0.05) is 24.0 Å². The zero-order valence-electron chi connectivity index (χ0n) is 20.2. The van der Waals surface area contributed by atoms with Gasteiger partial charge in [0.25, 0.3) is 0 Å². The maximum absolute atomic E-state index is 12.9. The van der Waals surface area contributed by atoms with Crippen molar-refractivity contribution in [3.8, 4) is 11.5 Å². The third kappa shape index (κ3) is 5.37. The number of rotatable bonds is 6. The van der Waals surface area contributed by atoms with Crippen molar-refractivity contribution in [3.05, 3.63) is 129 Å². The summed E-state index contributed by atoms with van der Waals surface area (Å²) in [5, 5.41) is 0. The van der Waals surface area contributed by atoms with Crippen LogP contribution in [0.15, 0.2) is 84.9 Å². The standard InChI is InChI=1S/C31H30O3/c1-21-15-17-29(27(23(21)3)19-25-11-7-5-8-12-25)33-31(32)34-30-18-16-22(2)24(4)28(30)20-26-13-9-6-10-14-26/h5-18H,19-20H2,1-4H3. The molecule has 0 aromatic heterocycles. The Bertz CT molecular complexity index is 1190. The third-order valence-corrected chi connectivity index (χ3v) is 6.49. The molecule has 0 radical (unpaired) electrons. The molecule has 4 aromatic rings. The topological polar surface area (TPSA) is 35.5 Å². The number of benzene rings is 4. The van der Waals surface area contributed by atoms with Crippen LogP contribution in [0.3, 0.4) is 0 Å². The summed E-state index contributed by atoms with van der Waals surface area (Å²) >= 11 is 0. The first-order chi connectivity index (χ1) is 16.4. The summed E-state index contributed by atoms with van der Waals surface area (Å²) in [6.45, 7) is 8.26. The van der Waals surface area contributed by atoms with Gasteiger partial charge in [0.1, 0.15) is 11.5 Å². The summed E-state index contributed by atoms with van der Waals surface area (Å²) in [4.78, 5) is 12.9. The molecule has 34 heavy (non-hydrogen) atoms. The van der Waals surface area contributed by atoms with E-state index in [4.69, 9.17) is 9.47 Å². The smallest absolute Gasteiger partial charge is 0.394 e. The molecular weight excluding hydrogens is 420 g/mol. The molecule has 0 atom stereocenters. The van der Waals surface area contributed by atoms with E-state index in [9.17, 15) is 4.79 Å². The summed E-state index contributed by atoms with van der Waals surface area (Å²) < 4.78 is 11.5. The fraction of sp³-hybridized carbons (Fsp3) is 0.194. The molecule has 0 aliphatic carbocycles. The zero-order valence-corrected chi connectivity index (χ0v) is 20.2. The average molecular weight is 451 g/mol. The largest absolute Gasteiger partial charge is 0.519 e. The Labute approximate surface area is 202 Å². The van der Waals surface area contributed by atoms with E-state index in [2.05, 4.69) is 52.0 Å². The minimum absolute atomic E-state index is 0.533. The lowest BCUT2D eigenvalue weighted by molar-refractivity contribution is 0.151. The molecule has 3 nitrogen and oxygen atoms in total. The highest BCUT2D eigenvalue weighted by atomic mass is 16.7. The van der Waals surface area contributed by atoms with Gasteiger partial charge in [0.2, 0.25) is 0 Å². The lowest BCUT2D eigenvalue weighted by Gasteiger charge is -2.17. The lowest BCUT2D eigenvalue weighted by Crippen LogP contribution is -2.17. The first-order valence-electron chi connectivity index (χ1n) is 11.6. The summed E-state index contributed by atoms with van der Waals surface area (Å²) in [6.07, 6.45) is 0.634. The molecular formula is C31H30O3. The molecule has 0 heterocycles. The Hall–Kier alpha value is -3.85. The quantitative estimate of drug-likeness (QED) is 0.223. The van der Waals surface area contributed by atoms with Gasteiger partial charge in [0.05, 0.1) is 0 Å². The van der Waals surface area contributed by atoms with Crippen LogP contribution in [-0.4, -0.2) is 6.16 Å². The molecule has 0 saturated carbocycles. The predicted molar refractivity (Wildman–Crippen MR) is 137 cm³/mol. The van der Waals surface area contributed by atoms with Gasteiger partial charge in [-0.05, 0) is 73.2 Å². The van der Waals surface area contributed by atoms with E-state index in [1.54, 1.807) is 0 Å². The van der Waals surface area contributed by atoms with Crippen molar-refractivity contribution in [3.63, 3.8) is 0 Å². The summed E-state index contributed by atoms with van der Waals surface area (Å²) in [5.41, 5.74) is 8.86. The Morgan fingerprint density at radius 3 is 1.32 bits per heavy atom. The summed E-state index contributed by atoms with van der Waals surface area (Å²) in [6, 6.07) is 28.0. The van der Waals surface area contributed by atoms with Crippen LogP contribution in [0, 0.1) is 27.7 Å². The molecule has 0 fully saturated rings. The van der Waals surface area contributed by atoms with Crippen molar-refractivity contribution in [2.45, 2.75) is 40.5 Å². The monoisotopic (exact) mass is 450 g/mol. The molecule has 0 N–H and O–H groups in total. The second-order valence-electron chi connectivity index (χ2n) is 8.75. The van der Waals surface area contributed by atoms with Gasteiger partial charge in [-0.2, -0.15) is 0 Å². The maximum Gasteiger partial charge on any atom is 0.519 e. The third-order valence-electron chi connectivity index (χ3n) is 6.49. The number of hydrogen-bond acceptors (Lipinski definition) is 3. The van der Waals surface area contributed by atoms with E-state index in [1.165, 1.54) is 0 Å². The number of carbonyl (C=O) groups excluding carboxylic acids is 1. The highest BCUT2D eigenvalue weighted by Crippen LogP contribution is 2.30. The van der Waals surface area contributed by atoms with Gasteiger partial charge < -0.3 is 9.47 Å². The highest BCUT2D eigenvalue weighted by Gasteiger charge is 2.18. The van der Waals surface area contributed by atoms with E-state index in [0.717, 1.165) is 44.5 Å². The molecule has 0 aliphatic heterocycles. The zero-order chi connectivity index (χ0) is 24.1. The normalized spacial score (nSPS) is 10.7. The van der Waals surface area contributed by atoms with Gasteiger partial charge in [-0.1, -0.05) is 72.8 Å². The molecule has 0 amide bonds. The van der Waals surface area contributed by atoms with E-state index < -0.39 is 6.16 Å². The molecule has 4 aromatic carbocycles. The number of carbonyl (C=O) groups is 1. The Morgan fingerprint density at radius 2 is 0.941 bits per heavy atom. The minimum Gasteiger partial charge on any atom is -0.394 e. The maximum atomic E-state index is 12.9. The van der Waals surface area contributed by atoms with E-state index in [-0.39, 0.29) is 0 Å². The van der Waals surface area contributed by atoms with E-state index in [0.29, 0.717) is 24.3 Å². The van der Waals surface area contributed by atoms with Crippen molar-refractivity contribution in [1.82, 2.24) is 0 Å². The number of ether oxygens (including phenoxy) is 2. The van der Waals surface area contributed by atoms with Crippen LogP contribution in [0.2, 0.25) is 0 Å². The first kappa shape index (κ1) is 23.3. The van der Waals surface area contributed by atoms with Crippen LogP contribution < -0.4 is 9.47 Å². The van der Waals surface area contributed by atoms with Crippen LogP contribution in [-0.2, 0) is 12.8 Å². The van der Waals surface area contributed by atoms with Crippen molar-refractivity contribution in [2.24, 2.45) is 0 Å². The second kappa shape index (κ2) is 10.4. The van der Waals surface area contributed by atoms with E-state index >= 15 is 0 Å². The van der Waals surface area contributed by atoms with Crippen molar-refractivity contribution in [1.29, 1.82) is 0 Å². The SMILES string of the molecule is Cc1ccc(OC(=O)Oc2ccc(C)c(C)c2Cc2ccccc2)c(Cc2ccccc2)c1C. The number of hydrogen-bond donors (Lipinski definition) is 0. The van der Waals surface area contributed by atoms with Crippen LogP contribution in [0.4, 0.5) is 4.79 Å². The molecule has 3 heteroatoms. The summed E-state index contributed by atoms with van der Waals surface area (Å²) in [7, 11) is 0. The fourth-order valence-corrected chi connectivity index (χ4v) is 4.13. The molecule has 0 bridgehead atoms. The Balaban J connectivity index is 1.59. The van der Waals surface area contributed by atoms with Gasteiger partial charge in [-0.25, -0.2) is 4.79 Å². The molecule has 0 saturated heterocycles. The molecule has 0 spiro atoms. The van der Waals surface area contributed by atoms with Crippen LogP contribution >= 0.6 is 0 Å². The van der Waals surface area contributed by atoms with Gasteiger partial charge in [-0.3, -0.25) is 0 Å². The van der Waals surface area contributed by atoms with Crippen LogP contribution in [0.25, 0.3) is 0 Å². The summed E-state index contributed by atoms with van der Waals surface area (Å²) in [5.74, 6) is 1.07. The molecule has 0 unspecified atom stereocenters. The Morgan fingerprint density at radius 1 is 0.559 bits per heavy atom. The van der Waals surface area contributed by atoms with Crippen LogP contribution in [0.5, 0.6) is 11.5 Å². The average Bonchev–Trinajstić information content (AvgIpc) is 2.84. The first-order valence-corrected chi connectivity index (χ1v) is 11.6.